The van der Waals surface area contributed by atoms with Gasteiger partial charge in [-0.15, -0.1) is 34.5 Å². The van der Waals surface area contributed by atoms with E-state index in [0.29, 0.717) is 0 Å². The average molecular weight is 245 g/mol. The van der Waals surface area contributed by atoms with Gasteiger partial charge in [-0.1, -0.05) is 54.1 Å². The van der Waals surface area contributed by atoms with Gasteiger partial charge in [0.2, 0.25) is 0 Å². The van der Waals surface area contributed by atoms with E-state index in [2.05, 4.69) is 67.6 Å². The standard InChI is InChI=1S/C15H11.C2H5.Mg/c1-2-6-12(7-3-1)15-10-13-8-4-5-9-14(13)11-15;1-2;/h1-11H;1H2,2H3;/q2*-1;+2. The third-order valence-electron chi connectivity index (χ3n) is 2.73. The molecule has 0 unspecified atom stereocenters. The van der Waals surface area contributed by atoms with Crippen molar-refractivity contribution in [2.75, 3.05) is 0 Å². The maximum Gasteiger partial charge on any atom is 2.00 e. The van der Waals surface area contributed by atoms with E-state index in [1.807, 2.05) is 6.07 Å². The predicted molar refractivity (Wildman–Crippen MR) is 81.8 cm³/mol. The van der Waals surface area contributed by atoms with Gasteiger partial charge >= 0.3 is 23.1 Å². The fourth-order valence-electron chi connectivity index (χ4n) is 1.95. The second-order valence-corrected chi connectivity index (χ2v) is 3.74. The third-order valence-corrected chi connectivity index (χ3v) is 2.73. The van der Waals surface area contributed by atoms with Crippen LogP contribution in [0.15, 0.2) is 66.7 Å². The van der Waals surface area contributed by atoms with Gasteiger partial charge in [-0.25, -0.2) is 0 Å². The Kier molecular flexibility index (Phi) is 6.03. The second-order valence-electron chi connectivity index (χ2n) is 3.74. The molecule has 86 valence electrons. The van der Waals surface area contributed by atoms with Gasteiger partial charge in [0.05, 0.1) is 0 Å². The van der Waals surface area contributed by atoms with Gasteiger partial charge in [0.1, 0.15) is 0 Å². The normalized spacial score (nSPS) is 9.22. The van der Waals surface area contributed by atoms with E-state index in [-0.39, 0.29) is 23.1 Å². The van der Waals surface area contributed by atoms with Gasteiger partial charge in [0, 0.05) is 0 Å². The monoisotopic (exact) mass is 244 g/mol. The predicted octanol–water partition coefficient (Wildman–Crippen LogP) is 4.69. The molecule has 0 aliphatic rings. The molecule has 3 aromatic rings. The van der Waals surface area contributed by atoms with Crippen molar-refractivity contribution in [2.45, 2.75) is 6.92 Å². The first kappa shape index (κ1) is 14.9. The van der Waals surface area contributed by atoms with Crippen LogP contribution in [0.5, 0.6) is 0 Å². The zero-order valence-electron chi connectivity index (χ0n) is 10.8. The summed E-state index contributed by atoms with van der Waals surface area (Å²) in [6.45, 7) is 5.00. The molecule has 0 aliphatic carbocycles. The Labute approximate surface area is 125 Å². The van der Waals surface area contributed by atoms with Gasteiger partial charge in [-0.2, -0.15) is 6.92 Å². The largest absolute Gasteiger partial charge is 2.00 e. The summed E-state index contributed by atoms with van der Waals surface area (Å²) in [6.07, 6.45) is 0. The van der Waals surface area contributed by atoms with Crippen molar-refractivity contribution >= 4 is 33.8 Å². The van der Waals surface area contributed by atoms with Crippen LogP contribution in [-0.2, 0) is 0 Å². The molecule has 0 atom stereocenters. The molecule has 18 heavy (non-hydrogen) atoms. The fraction of sp³-hybridized carbons (Fsp3) is 0.0588. The van der Waals surface area contributed by atoms with Gasteiger partial charge in [-0.05, 0) is 0 Å². The van der Waals surface area contributed by atoms with E-state index in [0.717, 1.165) is 0 Å². The van der Waals surface area contributed by atoms with Crippen molar-refractivity contribution in [2.24, 2.45) is 0 Å². The minimum absolute atomic E-state index is 0. The summed E-state index contributed by atoms with van der Waals surface area (Å²) in [5.74, 6) is 0. The van der Waals surface area contributed by atoms with Crippen LogP contribution in [0.2, 0.25) is 0 Å². The fourth-order valence-corrected chi connectivity index (χ4v) is 1.95. The second kappa shape index (κ2) is 7.29. The van der Waals surface area contributed by atoms with Gasteiger partial charge in [0.25, 0.3) is 0 Å². The molecule has 0 aromatic heterocycles. The van der Waals surface area contributed by atoms with Crippen LogP contribution in [0.4, 0.5) is 0 Å². The van der Waals surface area contributed by atoms with Crippen molar-refractivity contribution in [3.63, 3.8) is 0 Å². The van der Waals surface area contributed by atoms with Crippen molar-refractivity contribution in [3.05, 3.63) is 73.7 Å². The van der Waals surface area contributed by atoms with E-state index >= 15 is 0 Å². The molecule has 3 aromatic carbocycles. The van der Waals surface area contributed by atoms with Crippen LogP contribution in [0.25, 0.3) is 21.9 Å². The van der Waals surface area contributed by atoms with Gasteiger partial charge < -0.3 is 6.92 Å². The van der Waals surface area contributed by atoms with Gasteiger partial charge in [0.15, 0.2) is 0 Å². The molecule has 1 heteroatoms. The quantitative estimate of drug-likeness (QED) is 0.430. The van der Waals surface area contributed by atoms with Crippen LogP contribution in [0.3, 0.4) is 0 Å². The Hall–Kier alpha value is -1.18. The molecule has 0 fully saturated rings. The van der Waals surface area contributed by atoms with Crippen molar-refractivity contribution in [1.82, 2.24) is 0 Å². The Bertz CT molecular complexity index is 546. The van der Waals surface area contributed by atoms with Crippen LogP contribution < -0.4 is 0 Å². The molecule has 0 spiro atoms. The molecule has 0 N–H and O–H groups in total. The number of benzene rings is 2. The first-order valence-corrected chi connectivity index (χ1v) is 5.85. The van der Waals surface area contributed by atoms with Crippen molar-refractivity contribution in [3.8, 4) is 11.1 Å². The van der Waals surface area contributed by atoms with Crippen LogP contribution in [-0.4, -0.2) is 23.1 Å². The van der Waals surface area contributed by atoms with Crippen molar-refractivity contribution in [1.29, 1.82) is 0 Å². The smallest absolute Gasteiger partial charge is 0.346 e. The summed E-state index contributed by atoms with van der Waals surface area (Å²) in [6, 6.07) is 23.4. The molecule has 0 bridgehead atoms. The molecule has 0 saturated carbocycles. The number of hydrogen-bond acceptors (Lipinski definition) is 0. The summed E-state index contributed by atoms with van der Waals surface area (Å²) in [5.41, 5.74) is 2.59. The molecule has 0 heterocycles. The van der Waals surface area contributed by atoms with Crippen LogP contribution in [0, 0.1) is 6.92 Å². The summed E-state index contributed by atoms with van der Waals surface area (Å²) < 4.78 is 0. The molecule has 0 amide bonds. The molecule has 0 saturated heterocycles. The zero-order chi connectivity index (χ0) is 12.1. The van der Waals surface area contributed by atoms with E-state index < -0.39 is 0 Å². The zero-order valence-corrected chi connectivity index (χ0v) is 12.2. The number of rotatable bonds is 1. The summed E-state index contributed by atoms with van der Waals surface area (Å²) in [4.78, 5) is 0. The summed E-state index contributed by atoms with van der Waals surface area (Å²) >= 11 is 0. The Balaban J connectivity index is 0.000000516. The van der Waals surface area contributed by atoms with Gasteiger partial charge in [-0.3, -0.25) is 0 Å². The first-order chi connectivity index (χ1) is 8.43. The maximum atomic E-state index is 3.25. The van der Waals surface area contributed by atoms with E-state index in [1.54, 1.807) is 6.92 Å². The molecular formula is C17H16Mg. The van der Waals surface area contributed by atoms with E-state index in [4.69, 9.17) is 0 Å². The maximum absolute atomic E-state index is 3.25. The SMILES string of the molecule is [CH2-]C.[Mg+2].c1ccc(-c2cc3ccccc3[cH-]2)cc1. The van der Waals surface area contributed by atoms with Crippen molar-refractivity contribution < 1.29 is 0 Å². The minimum atomic E-state index is 0. The Morgan fingerprint density at radius 3 is 2.11 bits per heavy atom. The molecule has 0 radical (unpaired) electrons. The van der Waals surface area contributed by atoms with E-state index in [1.165, 1.54) is 21.9 Å². The third kappa shape index (κ3) is 3.18. The van der Waals surface area contributed by atoms with Crippen LogP contribution >= 0.6 is 0 Å². The van der Waals surface area contributed by atoms with E-state index in [9.17, 15) is 0 Å². The van der Waals surface area contributed by atoms with Crippen LogP contribution in [0.1, 0.15) is 6.92 Å². The molecule has 0 nitrogen and oxygen atoms in total. The summed E-state index contributed by atoms with van der Waals surface area (Å²) in [5, 5.41) is 2.63. The minimum Gasteiger partial charge on any atom is -0.346 e. The Morgan fingerprint density at radius 2 is 1.44 bits per heavy atom. The molecule has 3 rings (SSSR count). The number of fused-ring (bicyclic) bond motifs is 1. The molecular weight excluding hydrogens is 228 g/mol. The first-order valence-electron chi connectivity index (χ1n) is 5.85. The topological polar surface area (TPSA) is 0 Å². The molecule has 0 aliphatic heterocycles. The average Bonchev–Trinajstić information content (AvgIpc) is 2.86. The number of hydrogen-bond donors (Lipinski definition) is 0. The summed E-state index contributed by atoms with van der Waals surface area (Å²) in [7, 11) is 0. The Morgan fingerprint density at radius 1 is 0.833 bits per heavy atom.